The van der Waals surface area contributed by atoms with Gasteiger partial charge in [-0.1, -0.05) is 19.1 Å². The molecule has 3 N–H and O–H groups in total. The van der Waals surface area contributed by atoms with Gasteiger partial charge < -0.3 is 24.8 Å². The van der Waals surface area contributed by atoms with E-state index in [0.717, 1.165) is 58.1 Å². The van der Waals surface area contributed by atoms with Crippen LogP contribution in [-0.4, -0.2) is 62.7 Å². The van der Waals surface area contributed by atoms with Crippen molar-refractivity contribution < 1.29 is 23.8 Å². The van der Waals surface area contributed by atoms with Crippen molar-refractivity contribution in [1.82, 2.24) is 20.3 Å². The van der Waals surface area contributed by atoms with Crippen molar-refractivity contribution in [3.05, 3.63) is 35.0 Å². The number of carbonyl (C=O) groups excluding carboxylic acids is 2. The molecule has 2 aromatic rings. The summed E-state index contributed by atoms with van der Waals surface area (Å²) >= 11 is 3.30. The quantitative estimate of drug-likeness (QED) is 0.234. The van der Waals surface area contributed by atoms with Crippen molar-refractivity contribution in [2.45, 2.75) is 82.1 Å². The topological polar surface area (TPSA) is 111 Å². The summed E-state index contributed by atoms with van der Waals surface area (Å²) in [4.78, 5) is 31.3. The highest BCUT2D eigenvalue weighted by atomic mass is 32.2. The molecule has 1 heterocycles. The fraction of sp³-hybridized carbons (Fsp3) is 0.593. The lowest BCUT2D eigenvalue weighted by Crippen LogP contribution is -2.38. The van der Waals surface area contributed by atoms with Gasteiger partial charge in [0.1, 0.15) is 0 Å². The summed E-state index contributed by atoms with van der Waals surface area (Å²) in [7, 11) is 3.09. The monoisotopic (exact) mass is 564 g/mol. The average molecular weight is 565 g/mol. The van der Waals surface area contributed by atoms with Gasteiger partial charge in [0.2, 0.25) is 5.91 Å². The van der Waals surface area contributed by atoms with Crippen LogP contribution in [0.1, 0.15) is 62.9 Å². The van der Waals surface area contributed by atoms with Crippen molar-refractivity contribution in [3.63, 3.8) is 0 Å². The van der Waals surface area contributed by atoms with E-state index in [4.69, 9.17) is 19.2 Å². The number of nitrogens with one attached hydrogen (secondary N) is 3. The van der Waals surface area contributed by atoms with E-state index in [2.05, 4.69) is 34.4 Å². The van der Waals surface area contributed by atoms with E-state index < -0.39 is 6.29 Å². The Morgan fingerprint density at radius 1 is 1.16 bits per heavy atom. The minimum atomic E-state index is -0.464. The molecule has 2 amide bonds. The molecule has 38 heavy (non-hydrogen) atoms. The molecule has 3 rings (SSSR count). The van der Waals surface area contributed by atoms with Crippen molar-refractivity contribution in [2.24, 2.45) is 0 Å². The molecule has 0 bridgehead atoms. The zero-order valence-corrected chi connectivity index (χ0v) is 24.5. The molecule has 1 aliphatic carbocycles. The second-order valence-corrected chi connectivity index (χ2v) is 11.5. The van der Waals surface area contributed by atoms with Crippen LogP contribution in [-0.2, 0) is 25.4 Å². The minimum Gasteiger partial charge on any atom is -0.447 e. The predicted octanol–water partition coefficient (Wildman–Crippen LogP) is 4.87. The summed E-state index contributed by atoms with van der Waals surface area (Å²) in [5.41, 5.74) is 2.04. The second-order valence-electron chi connectivity index (χ2n) is 9.52. The number of aromatic nitrogens is 1. The van der Waals surface area contributed by atoms with Crippen LogP contribution in [0.2, 0.25) is 0 Å². The Hall–Kier alpha value is -2.18. The first kappa shape index (κ1) is 30.4. The highest BCUT2D eigenvalue weighted by Crippen LogP contribution is 2.40. The van der Waals surface area contributed by atoms with Crippen molar-refractivity contribution in [1.29, 1.82) is 0 Å². The van der Waals surface area contributed by atoms with Gasteiger partial charge >= 0.3 is 6.09 Å². The third kappa shape index (κ3) is 9.23. The maximum absolute atomic E-state index is 12.5. The predicted molar refractivity (Wildman–Crippen MR) is 151 cm³/mol. The van der Waals surface area contributed by atoms with Crippen molar-refractivity contribution >= 4 is 35.3 Å². The van der Waals surface area contributed by atoms with Crippen LogP contribution in [0.25, 0.3) is 10.4 Å². The molecule has 1 fully saturated rings. The van der Waals surface area contributed by atoms with E-state index in [0.29, 0.717) is 12.5 Å². The fourth-order valence-electron chi connectivity index (χ4n) is 4.32. The van der Waals surface area contributed by atoms with Crippen LogP contribution in [0.4, 0.5) is 4.79 Å². The Labute approximate surface area is 233 Å². The standard InChI is InChI=1S/C27H40N4O5S2/c1-6-30-38-22-13-18(14-24(32)28-16-25(34-4)35-5)7-12-21(22)23-15-29-26(37-23)19-8-10-20(11-9-19)31-27(33)36-17(2)3/h7,12-13,15,17,19-20,25,30H,6,8-11,14,16H2,1-5H3,(H,28,32)(H,31,33). The summed E-state index contributed by atoms with van der Waals surface area (Å²) in [6.45, 7) is 6.88. The van der Waals surface area contributed by atoms with Gasteiger partial charge in [-0.3, -0.25) is 9.52 Å². The van der Waals surface area contributed by atoms with Gasteiger partial charge in [-0.05, 0) is 63.1 Å². The molecule has 1 saturated carbocycles. The van der Waals surface area contributed by atoms with Gasteiger partial charge in [0.15, 0.2) is 6.29 Å². The number of carbonyl (C=O) groups is 2. The summed E-state index contributed by atoms with van der Waals surface area (Å²) in [6.07, 6.45) is 5.12. The lowest BCUT2D eigenvalue weighted by Gasteiger charge is -2.28. The number of benzene rings is 1. The largest absolute Gasteiger partial charge is 0.447 e. The van der Waals surface area contributed by atoms with Gasteiger partial charge in [-0.2, -0.15) is 0 Å². The van der Waals surface area contributed by atoms with Crippen LogP contribution >= 0.6 is 23.3 Å². The molecule has 9 nitrogen and oxygen atoms in total. The number of amides is 2. The molecule has 1 aliphatic rings. The molecular formula is C27H40N4O5S2. The Morgan fingerprint density at radius 2 is 1.89 bits per heavy atom. The Kier molecular flexibility index (Phi) is 12.3. The van der Waals surface area contributed by atoms with Gasteiger partial charge in [-0.15, -0.1) is 11.3 Å². The first-order chi connectivity index (χ1) is 18.3. The van der Waals surface area contributed by atoms with Gasteiger partial charge in [0.05, 0.1) is 29.0 Å². The molecule has 1 aromatic carbocycles. The van der Waals surface area contributed by atoms with Gasteiger partial charge in [-0.25, -0.2) is 9.78 Å². The van der Waals surface area contributed by atoms with E-state index in [-0.39, 0.29) is 30.6 Å². The van der Waals surface area contributed by atoms with E-state index in [1.807, 2.05) is 26.1 Å². The number of hydrogen-bond donors (Lipinski definition) is 3. The van der Waals surface area contributed by atoms with E-state index >= 15 is 0 Å². The van der Waals surface area contributed by atoms with Crippen molar-refractivity contribution in [2.75, 3.05) is 27.3 Å². The van der Waals surface area contributed by atoms with Crippen LogP contribution < -0.4 is 15.4 Å². The molecule has 0 saturated heterocycles. The average Bonchev–Trinajstić information content (AvgIpc) is 3.38. The summed E-state index contributed by atoms with van der Waals surface area (Å²) in [6, 6.07) is 6.30. The number of hydrogen-bond acceptors (Lipinski definition) is 9. The lowest BCUT2D eigenvalue weighted by atomic mass is 9.86. The molecule has 0 aliphatic heterocycles. The van der Waals surface area contributed by atoms with Crippen LogP contribution in [0, 0.1) is 0 Å². The Balaban J connectivity index is 1.63. The third-order valence-corrected chi connectivity index (χ3v) is 8.44. The smallest absolute Gasteiger partial charge is 0.407 e. The molecular weight excluding hydrogens is 524 g/mol. The maximum atomic E-state index is 12.5. The van der Waals surface area contributed by atoms with Gasteiger partial charge in [0, 0.05) is 49.4 Å². The number of methoxy groups -OCH3 is 2. The van der Waals surface area contributed by atoms with Gasteiger partial charge in [0.25, 0.3) is 0 Å². The summed E-state index contributed by atoms with van der Waals surface area (Å²) in [5, 5.41) is 6.98. The molecule has 0 atom stereocenters. The van der Waals surface area contributed by atoms with Crippen LogP contribution in [0.15, 0.2) is 29.3 Å². The number of thiazole rings is 1. The number of rotatable bonds is 13. The van der Waals surface area contributed by atoms with E-state index in [1.165, 1.54) is 0 Å². The zero-order chi connectivity index (χ0) is 27.5. The number of alkyl carbamates (subject to hydrolysis) is 1. The minimum absolute atomic E-state index is 0.0844. The summed E-state index contributed by atoms with van der Waals surface area (Å²) in [5.74, 6) is 0.308. The Bertz CT molecular complexity index is 1040. The SMILES string of the molecule is CCNSc1cc(CC(=O)NCC(OC)OC)ccc1-c1cnc(C2CCC(NC(=O)OC(C)C)CC2)s1. The summed E-state index contributed by atoms with van der Waals surface area (Å²) < 4.78 is 18.8. The third-order valence-electron chi connectivity index (χ3n) is 6.26. The Morgan fingerprint density at radius 3 is 2.55 bits per heavy atom. The highest BCUT2D eigenvalue weighted by molar-refractivity contribution is 7.97. The highest BCUT2D eigenvalue weighted by Gasteiger charge is 2.26. The van der Waals surface area contributed by atoms with Crippen molar-refractivity contribution in [3.8, 4) is 10.4 Å². The van der Waals surface area contributed by atoms with Crippen LogP contribution in [0.5, 0.6) is 0 Å². The maximum Gasteiger partial charge on any atom is 0.407 e. The normalized spacial score (nSPS) is 17.6. The first-order valence-corrected chi connectivity index (χ1v) is 14.7. The molecule has 11 heteroatoms. The van der Waals surface area contributed by atoms with Crippen LogP contribution in [0.3, 0.4) is 0 Å². The van der Waals surface area contributed by atoms with E-state index in [9.17, 15) is 9.59 Å². The first-order valence-electron chi connectivity index (χ1n) is 13.1. The van der Waals surface area contributed by atoms with E-state index in [1.54, 1.807) is 37.5 Å². The fourth-order valence-corrected chi connectivity index (χ4v) is 6.31. The number of ether oxygens (including phenoxy) is 3. The molecule has 1 aromatic heterocycles. The molecule has 0 unspecified atom stereocenters. The number of nitrogens with zero attached hydrogens (tertiary/aromatic N) is 1. The molecule has 0 radical (unpaired) electrons. The second kappa shape index (κ2) is 15.4. The molecule has 0 spiro atoms. The molecule has 210 valence electrons. The zero-order valence-electron chi connectivity index (χ0n) is 22.9. The lowest BCUT2D eigenvalue weighted by molar-refractivity contribution is -0.126.